The second kappa shape index (κ2) is 7.26. The van der Waals surface area contributed by atoms with Gasteiger partial charge in [-0.15, -0.1) is 0 Å². The van der Waals surface area contributed by atoms with Crippen molar-refractivity contribution in [2.24, 2.45) is 0 Å². The number of fused-ring (bicyclic) bond motifs is 1. The first kappa shape index (κ1) is 17.3. The van der Waals surface area contributed by atoms with Gasteiger partial charge in [0.15, 0.2) is 0 Å². The van der Waals surface area contributed by atoms with Gasteiger partial charge >= 0.3 is 0 Å². The van der Waals surface area contributed by atoms with E-state index in [0.717, 1.165) is 53.0 Å². The topological polar surface area (TPSA) is 85.7 Å². The molecule has 4 rings (SSSR count). The highest BCUT2D eigenvalue weighted by atomic mass is 16.5. The number of hydrogen-bond donors (Lipinski definition) is 1. The van der Waals surface area contributed by atoms with E-state index in [1.807, 2.05) is 19.9 Å². The Hall–Kier alpha value is -3.09. The van der Waals surface area contributed by atoms with E-state index in [9.17, 15) is 0 Å². The third-order valence-corrected chi connectivity index (χ3v) is 4.65. The van der Waals surface area contributed by atoms with Crippen LogP contribution in [0.15, 0.2) is 30.9 Å². The summed E-state index contributed by atoms with van der Waals surface area (Å²) < 4.78 is 5.81. The normalized spacial score (nSPS) is 13.7. The number of ether oxygens (including phenoxy) is 1. The first-order valence-electron chi connectivity index (χ1n) is 9.08. The Kier molecular flexibility index (Phi) is 4.66. The molecule has 0 fully saturated rings. The van der Waals surface area contributed by atoms with Crippen LogP contribution in [-0.4, -0.2) is 38.1 Å². The molecule has 4 heterocycles. The van der Waals surface area contributed by atoms with Gasteiger partial charge in [-0.1, -0.05) is 6.92 Å². The molecule has 0 bridgehead atoms. The van der Waals surface area contributed by atoms with Crippen LogP contribution in [0.25, 0.3) is 11.3 Å². The molecular formula is C20H22N6O. The molecule has 0 aromatic carbocycles. The SMILES string of the molecule is Cc1cc([C@H](C)CNc2cc(-c3cnc(C)nc3)ncn2)c2c(n1)CCO2. The van der Waals surface area contributed by atoms with Crippen molar-refractivity contribution in [3.8, 4) is 17.0 Å². The van der Waals surface area contributed by atoms with E-state index in [4.69, 9.17) is 4.74 Å². The number of rotatable bonds is 5. The van der Waals surface area contributed by atoms with Gasteiger partial charge in [-0.25, -0.2) is 19.9 Å². The van der Waals surface area contributed by atoms with Crippen LogP contribution < -0.4 is 10.1 Å². The zero-order valence-corrected chi connectivity index (χ0v) is 15.7. The Bertz CT molecular complexity index is 957. The number of anilines is 1. The highest BCUT2D eigenvalue weighted by molar-refractivity contribution is 5.60. The zero-order valence-electron chi connectivity index (χ0n) is 15.7. The number of nitrogens with one attached hydrogen (secondary N) is 1. The van der Waals surface area contributed by atoms with Gasteiger partial charge in [-0.2, -0.15) is 0 Å². The monoisotopic (exact) mass is 362 g/mol. The molecule has 0 spiro atoms. The van der Waals surface area contributed by atoms with Gasteiger partial charge in [0.1, 0.15) is 23.7 Å². The van der Waals surface area contributed by atoms with E-state index in [1.165, 1.54) is 5.56 Å². The maximum absolute atomic E-state index is 5.81. The largest absolute Gasteiger partial charge is 0.491 e. The summed E-state index contributed by atoms with van der Waals surface area (Å²) in [6.07, 6.45) is 5.99. The lowest BCUT2D eigenvalue weighted by Crippen LogP contribution is -2.12. The van der Waals surface area contributed by atoms with Crippen molar-refractivity contribution in [1.82, 2.24) is 24.9 Å². The van der Waals surface area contributed by atoms with Crippen LogP contribution in [0.3, 0.4) is 0 Å². The average Bonchev–Trinajstić information content (AvgIpc) is 3.14. The Balaban J connectivity index is 1.49. The minimum atomic E-state index is 0.264. The van der Waals surface area contributed by atoms with Crippen molar-refractivity contribution >= 4 is 5.82 Å². The van der Waals surface area contributed by atoms with Crippen LogP contribution >= 0.6 is 0 Å². The summed E-state index contributed by atoms with van der Waals surface area (Å²) in [4.78, 5) is 21.7. The third kappa shape index (κ3) is 3.72. The summed E-state index contributed by atoms with van der Waals surface area (Å²) in [6, 6.07) is 4.03. The van der Waals surface area contributed by atoms with E-state index in [-0.39, 0.29) is 5.92 Å². The Morgan fingerprint density at radius 2 is 1.93 bits per heavy atom. The van der Waals surface area contributed by atoms with E-state index >= 15 is 0 Å². The standard InChI is InChI=1S/C20H22N6O/c1-12(16-6-13(2)26-17-4-5-27-20(16)17)8-23-19-7-18(24-11-25-19)15-9-21-14(3)22-10-15/h6-7,9-12H,4-5,8H2,1-3H3,(H,23,24,25)/t12-/m1/s1. The maximum atomic E-state index is 5.81. The number of pyridine rings is 1. The number of hydrogen-bond acceptors (Lipinski definition) is 7. The van der Waals surface area contributed by atoms with Gasteiger partial charge in [-0.3, -0.25) is 4.98 Å². The van der Waals surface area contributed by atoms with Crippen LogP contribution in [0.2, 0.25) is 0 Å². The van der Waals surface area contributed by atoms with E-state index in [0.29, 0.717) is 6.61 Å². The second-order valence-corrected chi connectivity index (χ2v) is 6.82. The molecule has 27 heavy (non-hydrogen) atoms. The predicted molar refractivity (Wildman–Crippen MR) is 103 cm³/mol. The molecule has 138 valence electrons. The first-order valence-corrected chi connectivity index (χ1v) is 9.08. The van der Waals surface area contributed by atoms with Crippen molar-refractivity contribution in [3.05, 3.63) is 53.6 Å². The van der Waals surface area contributed by atoms with E-state index < -0.39 is 0 Å². The molecule has 0 saturated carbocycles. The third-order valence-electron chi connectivity index (χ3n) is 4.65. The molecular weight excluding hydrogens is 340 g/mol. The molecule has 1 aliphatic rings. The van der Waals surface area contributed by atoms with Crippen molar-refractivity contribution < 1.29 is 4.74 Å². The fourth-order valence-corrected chi connectivity index (χ4v) is 3.21. The van der Waals surface area contributed by atoms with Crippen LogP contribution in [0.1, 0.15) is 35.6 Å². The number of aromatic nitrogens is 5. The fourth-order valence-electron chi connectivity index (χ4n) is 3.21. The lowest BCUT2D eigenvalue weighted by molar-refractivity contribution is 0.352. The smallest absolute Gasteiger partial charge is 0.144 e. The van der Waals surface area contributed by atoms with E-state index in [1.54, 1.807) is 18.7 Å². The summed E-state index contributed by atoms with van der Waals surface area (Å²) in [5, 5.41) is 3.41. The lowest BCUT2D eigenvalue weighted by atomic mass is 9.99. The van der Waals surface area contributed by atoms with Gasteiger partial charge in [0.25, 0.3) is 0 Å². The molecule has 7 heteroatoms. The summed E-state index contributed by atoms with van der Waals surface area (Å²) >= 11 is 0. The molecule has 7 nitrogen and oxygen atoms in total. The first-order chi connectivity index (χ1) is 13.1. The summed E-state index contributed by atoms with van der Waals surface area (Å²) in [5.41, 5.74) is 4.97. The number of nitrogens with zero attached hydrogens (tertiary/aromatic N) is 5. The van der Waals surface area contributed by atoms with Gasteiger partial charge in [0.05, 0.1) is 18.0 Å². The van der Waals surface area contributed by atoms with Crippen molar-refractivity contribution in [3.63, 3.8) is 0 Å². The van der Waals surface area contributed by atoms with Gasteiger partial charge in [0, 0.05) is 54.2 Å². The van der Waals surface area contributed by atoms with Crippen molar-refractivity contribution in [2.75, 3.05) is 18.5 Å². The van der Waals surface area contributed by atoms with Crippen molar-refractivity contribution in [2.45, 2.75) is 33.1 Å². The number of aryl methyl sites for hydroxylation is 2. The minimum absolute atomic E-state index is 0.264. The molecule has 1 aliphatic heterocycles. The molecule has 1 atom stereocenters. The van der Waals surface area contributed by atoms with Crippen LogP contribution in [0, 0.1) is 13.8 Å². The second-order valence-electron chi connectivity index (χ2n) is 6.82. The zero-order chi connectivity index (χ0) is 18.8. The van der Waals surface area contributed by atoms with Gasteiger partial charge < -0.3 is 10.1 Å². The highest BCUT2D eigenvalue weighted by Gasteiger charge is 2.22. The minimum Gasteiger partial charge on any atom is -0.491 e. The highest BCUT2D eigenvalue weighted by Crippen LogP contribution is 2.34. The van der Waals surface area contributed by atoms with Crippen molar-refractivity contribution in [1.29, 1.82) is 0 Å². The maximum Gasteiger partial charge on any atom is 0.144 e. The Morgan fingerprint density at radius 1 is 1.11 bits per heavy atom. The fraction of sp³-hybridized carbons (Fsp3) is 0.350. The predicted octanol–water partition coefficient (Wildman–Crippen LogP) is 3.10. The lowest BCUT2D eigenvalue weighted by Gasteiger charge is -2.17. The molecule has 0 unspecified atom stereocenters. The summed E-state index contributed by atoms with van der Waals surface area (Å²) in [6.45, 7) is 7.52. The van der Waals surface area contributed by atoms with Gasteiger partial charge in [0.2, 0.25) is 0 Å². The average molecular weight is 362 g/mol. The quantitative estimate of drug-likeness (QED) is 0.746. The van der Waals surface area contributed by atoms with Gasteiger partial charge in [-0.05, 0) is 19.9 Å². The molecule has 3 aromatic rings. The molecule has 3 aromatic heterocycles. The van der Waals surface area contributed by atoms with Crippen LogP contribution in [0.5, 0.6) is 5.75 Å². The molecule has 0 amide bonds. The molecule has 0 saturated heterocycles. The van der Waals surface area contributed by atoms with E-state index in [2.05, 4.69) is 43.2 Å². The van der Waals surface area contributed by atoms with Crippen LogP contribution in [0.4, 0.5) is 5.82 Å². The molecule has 0 aliphatic carbocycles. The Labute approximate surface area is 158 Å². The molecule has 0 radical (unpaired) electrons. The Morgan fingerprint density at radius 3 is 2.74 bits per heavy atom. The summed E-state index contributed by atoms with van der Waals surface area (Å²) in [7, 11) is 0. The van der Waals surface area contributed by atoms with Crippen LogP contribution in [-0.2, 0) is 6.42 Å². The summed E-state index contributed by atoms with van der Waals surface area (Å²) in [5.74, 6) is 2.73. The molecule has 1 N–H and O–H groups in total.